The fraction of sp³-hybridized carbons (Fsp3) is 0.429. The number of hydrogen-bond acceptors (Lipinski definition) is 4. The summed E-state index contributed by atoms with van der Waals surface area (Å²) in [6, 6.07) is 7.66. The van der Waals surface area contributed by atoms with Crippen LogP contribution in [0, 0.1) is 24.2 Å². The molecule has 1 atom stereocenters. The van der Waals surface area contributed by atoms with Gasteiger partial charge in [0.05, 0.1) is 19.8 Å². The van der Waals surface area contributed by atoms with Crippen molar-refractivity contribution in [3.05, 3.63) is 29.3 Å². The molecule has 18 heavy (non-hydrogen) atoms. The SMILES string of the molecule is CCOC(=O)C(C#N)Cc1cc(C)ccc1OC. The van der Waals surface area contributed by atoms with E-state index in [9.17, 15) is 4.79 Å². The smallest absolute Gasteiger partial charge is 0.323 e. The Labute approximate surface area is 107 Å². The quantitative estimate of drug-likeness (QED) is 0.749. The number of carbonyl (C=O) groups is 1. The van der Waals surface area contributed by atoms with E-state index in [2.05, 4.69) is 0 Å². The number of aryl methyl sites for hydroxylation is 1. The van der Waals surface area contributed by atoms with Crippen molar-refractivity contribution in [1.29, 1.82) is 5.26 Å². The first-order chi connectivity index (χ1) is 8.62. The first-order valence-corrected chi connectivity index (χ1v) is 5.82. The van der Waals surface area contributed by atoms with Gasteiger partial charge in [-0.2, -0.15) is 5.26 Å². The van der Waals surface area contributed by atoms with Crippen molar-refractivity contribution in [3.8, 4) is 11.8 Å². The van der Waals surface area contributed by atoms with Crippen LogP contribution in [0.5, 0.6) is 5.75 Å². The van der Waals surface area contributed by atoms with Gasteiger partial charge in [-0.3, -0.25) is 4.79 Å². The molecule has 0 amide bonds. The first kappa shape index (κ1) is 14.0. The van der Waals surface area contributed by atoms with Gasteiger partial charge in [0.15, 0.2) is 0 Å². The molecule has 4 heteroatoms. The van der Waals surface area contributed by atoms with Crippen LogP contribution in [-0.2, 0) is 16.0 Å². The van der Waals surface area contributed by atoms with Crippen molar-refractivity contribution in [2.75, 3.05) is 13.7 Å². The van der Waals surface area contributed by atoms with Crippen molar-refractivity contribution in [3.63, 3.8) is 0 Å². The van der Waals surface area contributed by atoms with Gasteiger partial charge >= 0.3 is 5.97 Å². The van der Waals surface area contributed by atoms with Gasteiger partial charge in [-0.1, -0.05) is 17.7 Å². The molecule has 0 fully saturated rings. The van der Waals surface area contributed by atoms with E-state index in [1.165, 1.54) is 0 Å². The summed E-state index contributed by atoms with van der Waals surface area (Å²) in [4.78, 5) is 11.6. The largest absolute Gasteiger partial charge is 0.496 e. The minimum Gasteiger partial charge on any atom is -0.496 e. The molecular formula is C14H17NO3. The van der Waals surface area contributed by atoms with Crippen LogP contribution in [0.1, 0.15) is 18.1 Å². The zero-order chi connectivity index (χ0) is 13.5. The summed E-state index contributed by atoms with van der Waals surface area (Å²) in [5.41, 5.74) is 1.91. The normalized spacial score (nSPS) is 11.4. The van der Waals surface area contributed by atoms with Crippen LogP contribution in [0.3, 0.4) is 0 Å². The third-order valence-corrected chi connectivity index (χ3v) is 2.59. The van der Waals surface area contributed by atoms with Crippen LogP contribution < -0.4 is 4.74 Å². The summed E-state index contributed by atoms with van der Waals surface area (Å²) in [6.07, 6.45) is 0.306. The molecule has 4 nitrogen and oxygen atoms in total. The third kappa shape index (κ3) is 3.49. The van der Waals surface area contributed by atoms with E-state index in [4.69, 9.17) is 14.7 Å². The van der Waals surface area contributed by atoms with Crippen LogP contribution in [0.15, 0.2) is 18.2 Å². The second-order valence-corrected chi connectivity index (χ2v) is 3.95. The van der Waals surface area contributed by atoms with Gasteiger partial charge < -0.3 is 9.47 Å². The molecule has 1 aromatic carbocycles. The number of nitriles is 1. The van der Waals surface area contributed by atoms with Crippen molar-refractivity contribution in [2.45, 2.75) is 20.3 Å². The molecule has 0 heterocycles. The second-order valence-electron chi connectivity index (χ2n) is 3.95. The molecule has 1 aromatic rings. The molecule has 0 saturated heterocycles. The Morgan fingerprint density at radius 2 is 2.22 bits per heavy atom. The van der Waals surface area contributed by atoms with E-state index in [0.717, 1.165) is 11.1 Å². The lowest BCUT2D eigenvalue weighted by Gasteiger charge is -2.12. The zero-order valence-corrected chi connectivity index (χ0v) is 10.9. The van der Waals surface area contributed by atoms with Crippen molar-refractivity contribution in [2.24, 2.45) is 5.92 Å². The van der Waals surface area contributed by atoms with Gasteiger partial charge in [0.25, 0.3) is 0 Å². The third-order valence-electron chi connectivity index (χ3n) is 2.59. The Bertz CT molecular complexity index is 463. The van der Waals surface area contributed by atoms with Gasteiger partial charge in [0.2, 0.25) is 0 Å². The molecule has 0 saturated carbocycles. The summed E-state index contributed by atoms with van der Waals surface area (Å²) in [5.74, 6) is -0.589. The molecule has 0 radical (unpaired) electrons. The average Bonchev–Trinajstić information content (AvgIpc) is 2.36. The molecule has 0 aliphatic heterocycles. The lowest BCUT2D eigenvalue weighted by molar-refractivity contribution is -0.145. The van der Waals surface area contributed by atoms with E-state index in [1.54, 1.807) is 14.0 Å². The Hall–Kier alpha value is -2.02. The highest BCUT2D eigenvalue weighted by Crippen LogP contribution is 2.23. The standard InChI is InChI=1S/C14H17NO3/c1-4-18-14(16)12(9-15)8-11-7-10(2)5-6-13(11)17-3/h5-7,12H,4,8H2,1-3H3. The fourth-order valence-corrected chi connectivity index (χ4v) is 1.71. The van der Waals surface area contributed by atoms with E-state index in [-0.39, 0.29) is 6.61 Å². The Morgan fingerprint density at radius 3 is 2.78 bits per heavy atom. The average molecular weight is 247 g/mol. The summed E-state index contributed by atoms with van der Waals surface area (Å²) < 4.78 is 10.1. The van der Waals surface area contributed by atoms with Gasteiger partial charge in [-0.15, -0.1) is 0 Å². The van der Waals surface area contributed by atoms with Crippen molar-refractivity contribution < 1.29 is 14.3 Å². The minimum absolute atomic E-state index is 0.280. The van der Waals surface area contributed by atoms with E-state index < -0.39 is 11.9 Å². The van der Waals surface area contributed by atoms with E-state index >= 15 is 0 Å². The topological polar surface area (TPSA) is 59.3 Å². The maximum atomic E-state index is 11.6. The van der Waals surface area contributed by atoms with Crippen LogP contribution in [0.25, 0.3) is 0 Å². The van der Waals surface area contributed by atoms with E-state index in [0.29, 0.717) is 12.2 Å². The summed E-state index contributed by atoms with van der Waals surface area (Å²) >= 11 is 0. The predicted octanol–water partition coefficient (Wildman–Crippen LogP) is 2.25. The molecule has 0 aliphatic rings. The maximum Gasteiger partial charge on any atom is 0.323 e. The Balaban J connectivity index is 2.91. The van der Waals surface area contributed by atoms with Crippen molar-refractivity contribution in [1.82, 2.24) is 0 Å². The van der Waals surface area contributed by atoms with Crippen LogP contribution in [-0.4, -0.2) is 19.7 Å². The van der Waals surface area contributed by atoms with E-state index in [1.807, 2.05) is 31.2 Å². The molecule has 0 spiro atoms. The number of ether oxygens (including phenoxy) is 2. The molecule has 1 unspecified atom stereocenters. The van der Waals surface area contributed by atoms with Crippen LogP contribution in [0.2, 0.25) is 0 Å². The summed E-state index contributed by atoms with van der Waals surface area (Å²) in [5, 5.41) is 9.03. The monoisotopic (exact) mass is 247 g/mol. The molecule has 0 N–H and O–H groups in total. The lowest BCUT2D eigenvalue weighted by atomic mass is 9.98. The molecular weight excluding hydrogens is 230 g/mol. The highest BCUT2D eigenvalue weighted by Gasteiger charge is 2.21. The fourth-order valence-electron chi connectivity index (χ4n) is 1.71. The van der Waals surface area contributed by atoms with Crippen LogP contribution in [0.4, 0.5) is 0 Å². The van der Waals surface area contributed by atoms with Gasteiger partial charge in [0, 0.05) is 6.42 Å². The number of esters is 1. The second kappa shape index (κ2) is 6.65. The van der Waals surface area contributed by atoms with Gasteiger partial charge in [0.1, 0.15) is 11.7 Å². The van der Waals surface area contributed by atoms with Gasteiger partial charge in [-0.05, 0) is 25.5 Å². The number of methoxy groups -OCH3 is 1. The number of nitrogens with zero attached hydrogens (tertiary/aromatic N) is 1. The zero-order valence-electron chi connectivity index (χ0n) is 10.9. The maximum absolute atomic E-state index is 11.6. The Kier molecular flexibility index (Phi) is 5.19. The molecule has 0 bridgehead atoms. The molecule has 96 valence electrons. The lowest BCUT2D eigenvalue weighted by Crippen LogP contribution is -2.18. The number of rotatable bonds is 5. The summed E-state index contributed by atoms with van der Waals surface area (Å²) in [6.45, 7) is 3.95. The number of carbonyl (C=O) groups excluding carboxylic acids is 1. The van der Waals surface area contributed by atoms with Crippen molar-refractivity contribution >= 4 is 5.97 Å². The molecule has 0 aromatic heterocycles. The Morgan fingerprint density at radius 1 is 1.50 bits per heavy atom. The molecule has 0 aliphatic carbocycles. The highest BCUT2D eigenvalue weighted by atomic mass is 16.5. The predicted molar refractivity (Wildman–Crippen MR) is 67.2 cm³/mol. The van der Waals surface area contributed by atoms with Crippen LogP contribution >= 0.6 is 0 Å². The first-order valence-electron chi connectivity index (χ1n) is 5.82. The number of hydrogen-bond donors (Lipinski definition) is 0. The van der Waals surface area contributed by atoms with Gasteiger partial charge in [-0.25, -0.2) is 0 Å². The highest BCUT2D eigenvalue weighted by molar-refractivity contribution is 5.75. The number of benzene rings is 1. The minimum atomic E-state index is -0.791. The molecule has 1 rings (SSSR count). The summed E-state index contributed by atoms with van der Waals surface area (Å²) in [7, 11) is 1.57.